The minimum absolute atomic E-state index is 0.144. The quantitative estimate of drug-likeness (QED) is 0.187. The lowest BCUT2D eigenvalue weighted by Gasteiger charge is -2.54. The molecule has 2 heteroatoms. The zero-order valence-corrected chi connectivity index (χ0v) is 26.6. The number of anilines is 3. The van der Waals surface area contributed by atoms with Gasteiger partial charge in [0.2, 0.25) is 6.71 Å². The highest BCUT2D eigenvalue weighted by Gasteiger charge is 2.54. The van der Waals surface area contributed by atoms with Crippen LogP contribution in [0.2, 0.25) is 0 Å². The van der Waals surface area contributed by atoms with Crippen LogP contribution in [0.3, 0.4) is 0 Å². The van der Waals surface area contributed by atoms with E-state index in [9.17, 15) is 0 Å². The average Bonchev–Trinajstić information content (AvgIpc) is 3.05. The highest BCUT2D eigenvalue weighted by Crippen LogP contribution is 2.63. The van der Waals surface area contributed by atoms with Crippen LogP contribution in [-0.2, 0) is 5.41 Å². The Balaban J connectivity index is 1.51. The Hall–Kier alpha value is -4.82. The van der Waals surface area contributed by atoms with Crippen molar-refractivity contribution < 1.29 is 0 Å². The van der Waals surface area contributed by atoms with Crippen molar-refractivity contribution in [2.45, 2.75) is 46.0 Å². The van der Waals surface area contributed by atoms with Crippen molar-refractivity contribution >= 4 is 40.2 Å². The van der Waals surface area contributed by atoms with Crippen LogP contribution in [0.1, 0.15) is 68.5 Å². The minimum Gasteiger partial charge on any atom is -0.311 e. The standard InChI is InChI=1S/C43H36BN/c1-26-24-28(3)41(29(4)25-26)44-36-19-11-13-21-39(36)45-38-20-12-10-18-35(38)43(33-16-8-6-14-27(33)2)34-17-9-7-15-31(34)30(5)32-22-23-37(44)42(45)40(32)43/h6-25,30H,1-5H3. The molecule has 9 rings (SSSR count). The second-order valence-electron chi connectivity index (χ2n) is 13.5. The second-order valence-corrected chi connectivity index (χ2v) is 13.5. The largest absolute Gasteiger partial charge is 0.311 e. The third kappa shape index (κ3) is 3.30. The Bertz CT molecular complexity index is 2190. The maximum absolute atomic E-state index is 2.62. The summed E-state index contributed by atoms with van der Waals surface area (Å²) in [5.41, 5.74) is 21.6. The number of benzene rings is 6. The fourth-order valence-electron chi connectivity index (χ4n) is 9.48. The lowest BCUT2D eigenvalue weighted by atomic mass is 9.33. The van der Waals surface area contributed by atoms with Crippen molar-refractivity contribution in [2.75, 3.05) is 4.90 Å². The van der Waals surface area contributed by atoms with Gasteiger partial charge in [-0.15, -0.1) is 0 Å². The van der Waals surface area contributed by atoms with E-state index in [1.54, 1.807) is 0 Å². The molecular weight excluding hydrogens is 541 g/mol. The number of rotatable bonds is 2. The lowest BCUT2D eigenvalue weighted by molar-refractivity contribution is 0.659. The van der Waals surface area contributed by atoms with Gasteiger partial charge in [-0.25, -0.2) is 0 Å². The SMILES string of the molecule is Cc1cc(C)c(B2c3ccccc3N3c4ccccc4C4(c5ccccc5C)c5ccccc5C(C)c5ccc2c3c54)c(C)c1. The monoisotopic (exact) mass is 577 g/mol. The third-order valence-electron chi connectivity index (χ3n) is 11.1. The van der Waals surface area contributed by atoms with E-state index in [-0.39, 0.29) is 12.6 Å². The van der Waals surface area contributed by atoms with Gasteiger partial charge >= 0.3 is 0 Å². The van der Waals surface area contributed by atoms with E-state index in [0.29, 0.717) is 0 Å². The van der Waals surface area contributed by atoms with Crippen LogP contribution >= 0.6 is 0 Å². The molecule has 1 nitrogen and oxygen atoms in total. The van der Waals surface area contributed by atoms with Gasteiger partial charge < -0.3 is 4.90 Å². The Labute approximate surface area is 267 Å². The zero-order valence-electron chi connectivity index (χ0n) is 26.6. The summed E-state index contributed by atoms with van der Waals surface area (Å²) in [5, 5.41) is 0. The number of nitrogens with zero attached hydrogens (tertiary/aromatic N) is 1. The predicted molar refractivity (Wildman–Crippen MR) is 191 cm³/mol. The summed E-state index contributed by atoms with van der Waals surface area (Å²) < 4.78 is 0. The number of hydrogen-bond donors (Lipinski definition) is 0. The topological polar surface area (TPSA) is 3.24 Å². The molecule has 45 heavy (non-hydrogen) atoms. The van der Waals surface area contributed by atoms with Gasteiger partial charge in [-0.3, -0.25) is 0 Å². The van der Waals surface area contributed by atoms with Gasteiger partial charge in [-0.2, -0.15) is 0 Å². The molecule has 2 aliphatic heterocycles. The number of hydrogen-bond acceptors (Lipinski definition) is 1. The van der Waals surface area contributed by atoms with Gasteiger partial charge in [-0.1, -0.05) is 138 Å². The summed E-state index contributed by atoms with van der Waals surface area (Å²) in [6.45, 7) is 11.7. The molecule has 0 saturated carbocycles. The highest BCUT2D eigenvalue weighted by atomic mass is 15.2. The van der Waals surface area contributed by atoms with Crippen molar-refractivity contribution in [3.63, 3.8) is 0 Å². The molecule has 216 valence electrons. The molecule has 0 radical (unpaired) electrons. The van der Waals surface area contributed by atoms with Crippen LogP contribution in [0.4, 0.5) is 17.1 Å². The molecule has 2 heterocycles. The van der Waals surface area contributed by atoms with Gasteiger partial charge in [0.25, 0.3) is 0 Å². The van der Waals surface area contributed by atoms with Crippen molar-refractivity contribution in [1.82, 2.24) is 0 Å². The molecule has 0 spiro atoms. The molecule has 0 fully saturated rings. The first-order chi connectivity index (χ1) is 21.9. The fraction of sp³-hybridized carbons (Fsp3) is 0.163. The number of para-hydroxylation sites is 2. The third-order valence-corrected chi connectivity index (χ3v) is 11.1. The molecule has 0 aromatic heterocycles. The first-order valence-corrected chi connectivity index (χ1v) is 16.3. The van der Waals surface area contributed by atoms with Crippen LogP contribution in [0.15, 0.2) is 121 Å². The maximum Gasteiger partial charge on any atom is 0.247 e. The molecule has 6 aromatic rings. The smallest absolute Gasteiger partial charge is 0.247 e. The van der Waals surface area contributed by atoms with Crippen molar-refractivity contribution in [1.29, 1.82) is 0 Å². The molecule has 0 N–H and O–H groups in total. The van der Waals surface area contributed by atoms with Crippen LogP contribution < -0.4 is 21.3 Å². The van der Waals surface area contributed by atoms with E-state index < -0.39 is 5.41 Å². The van der Waals surface area contributed by atoms with E-state index >= 15 is 0 Å². The zero-order chi connectivity index (χ0) is 30.6. The van der Waals surface area contributed by atoms with Crippen LogP contribution in [0.5, 0.6) is 0 Å². The number of fused-ring (bicyclic) bond motifs is 7. The van der Waals surface area contributed by atoms with Crippen molar-refractivity contribution in [3.8, 4) is 0 Å². The second kappa shape index (κ2) is 9.35. The minimum atomic E-state index is -0.434. The summed E-state index contributed by atoms with van der Waals surface area (Å²) >= 11 is 0. The summed E-state index contributed by atoms with van der Waals surface area (Å²) in [6.07, 6.45) is 0. The number of aryl methyl sites for hydroxylation is 4. The van der Waals surface area contributed by atoms with Crippen molar-refractivity contribution in [3.05, 3.63) is 177 Å². The summed E-state index contributed by atoms with van der Waals surface area (Å²) in [7, 11) is 0. The molecule has 2 unspecified atom stereocenters. The van der Waals surface area contributed by atoms with Crippen molar-refractivity contribution in [2.24, 2.45) is 0 Å². The Morgan fingerprint density at radius 1 is 0.556 bits per heavy atom. The van der Waals surface area contributed by atoms with E-state index in [0.717, 1.165) is 0 Å². The average molecular weight is 578 g/mol. The Morgan fingerprint density at radius 3 is 1.93 bits per heavy atom. The maximum atomic E-state index is 2.62. The summed E-state index contributed by atoms with van der Waals surface area (Å²) in [6, 6.07) is 46.4. The van der Waals surface area contributed by atoms with Gasteiger partial charge in [0, 0.05) is 17.3 Å². The van der Waals surface area contributed by atoms with Crippen LogP contribution in [-0.4, -0.2) is 6.71 Å². The molecule has 2 atom stereocenters. The van der Waals surface area contributed by atoms with Gasteiger partial charge in [0.1, 0.15) is 0 Å². The van der Waals surface area contributed by atoms with Gasteiger partial charge in [0.05, 0.1) is 11.1 Å². The summed E-state index contributed by atoms with van der Waals surface area (Å²) in [4.78, 5) is 2.62. The van der Waals surface area contributed by atoms with Gasteiger partial charge in [0.15, 0.2) is 0 Å². The fourth-order valence-corrected chi connectivity index (χ4v) is 9.48. The van der Waals surface area contributed by atoms with E-state index in [2.05, 4.69) is 161 Å². The Kier molecular flexibility index (Phi) is 5.52. The Morgan fingerprint density at radius 2 is 1.18 bits per heavy atom. The van der Waals surface area contributed by atoms with E-state index in [4.69, 9.17) is 0 Å². The first-order valence-electron chi connectivity index (χ1n) is 16.3. The summed E-state index contributed by atoms with van der Waals surface area (Å²) in [5.74, 6) is 0.282. The van der Waals surface area contributed by atoms with Gasteiger partial charge in [-0.05, 0) is 89.7 Å². The highest BCUT2D eigenvalue weighted by molar-refractivity contribution is 6.98. The predicted octanol–water partition coefficient (Wildman–Crippen LogP) is 8.38. The molecular formula is C43H36BN. The van der Waals surface area contributed by atoms with Crippen LogP contribution in [0.25, 0.3) is 0 Å². The van der Waals surface area contributed by atoms with E-state index in [1.165, 1.54) is 89.1 Å². The molecule has 0 amide bonds. The molecule has 3 aliphatic rings. The lowest BCUT2D eigenvalue weighted by Crippen LogP contribution is -2.60. The molecule has 0 saturated heterocycles. The molecule has 1 aliphatic carbocycles. The van der Waals surface area contributed by atoms with E-state index in [1.807, 2.05) is 0 Å². The first kappa shape index (κ1) is 26.6. The van der Waals surface area contributed by atoms with Crippen LogP contribution in [0, 0.1) is 27.7 Å². The molecule has 0 bridgehead atoms. The molecule has 6 aromatic carbocycles. The normalized spacial score (nSPS) is 18.6.